The van der Waals surface area contributed by atoms with E-state index in [1.165, 1.54) is 12.3 Å². The lowest BCUT2D eigenvalue weighted by molar-refractivity contribution is 0.0696. The summed E-state index contributed by atoms with van der Waals surface area (Å²) in [5.41, 5.74) is 2.99. The molecule has 25 heavy (non-hydrogen) atoms. The van der Waals surface area contributed by atoms with Crippen LogP contribution >= 0.6 is 0 Å². The third-order valence-electron chi connectivity index (χ3n) is 4.28. The minimum Gasteiger partial charge on any atom is -0.478 e. The second-order valence-corrected chi connectivity index (χ2v) is 8.71. The highest BCUT2D eigenvalue weighted by atomic mass is 32.2. The van der Waals surface area contributed by atoms with Gasteiger partial charge in [-0.25, -0.2) is 13.2 Å². The van der Waals surface area contributed by atoms with Crippen LogP contribution in [0.1, 0.15) is 40.0 Å². The molecule has 2 rings (SSSR count). The van der Waals surface area contributed by atoms with E-state index >= 15 is 0 Å². The fourth-order valence-corrected chi connectivity index (χ4v) is 3.37. The zero-order valence-electron chi connectivity index (χ0n) is 14.6. The Labute approximate surface area is 148 Å². The summed E-state index contributed by atoms with van der Waals surface area (Å²) in [7, 11) is -3.24. The van der Waals surface area contributed by atoms with Gasteiger partial charge in [0, 0.05) is 18.8 Å². The molecule has 0 amide bonds. The van der Waals surface area contributed by atoms with Crippen molar-refractivity contribution in [2.24, 2.45) is 0 Å². The molecule has 0 saturated carbocycles. The summed E-state index contributed by atoms with van der Waals surface area (Å²) in [6.45, 7) is 4.03. The third kappa shape index (κ3) is 5.14. The van der Waals surface area contributed by atoms with E-state index in [0.717, 1.165) is 16.7 Å². The topological polar surface area (TPSA) is 83.5 Å². The Morgan fingerprint density at radius 1 is 1.16 bits per heavy atom. The highest BCUT2D eigenvalue weighted by Gasteiger charge is 2.27. The van der Waals surface area contributed by atoms with Crippen molar-refractivity contribution in [2.45, 2.75) is 31.7 Å². The number of nitrogens with one attached hydrogen (secondary N) is 1. The number of carbonyl (C=O) groups is 1. The van der Waals surface area contributed by atoms with Gasteiger partial charge in [-0.15, -0.1) is 0 Å². The lowest BCUT2D eigenvalue weighted by atomic mass is 10.0. The molecule has 5 nitrogen and oxygen atoms in total. The number of hydrogen-bond acceptors (Lipinski definition) is 4. The zero-order valence-corrected chi connectivity index (χ0v) is 15.4. The number of rotatable bonds is 7. The molecule has 0 aliphatic rings. The maximum atomic E-state index is 12.0. The Morgan fingerprint density at radius 2 is 1.80 bits per heavy atom. The predicted octanol–water partition coefficient (Wildman–Crippen LogP) is 2.96. The molecule has 0 saturated heterocycles. The highest BCUT2D eigenvalue weighted by Crippen LogP contribution is 2.23. The second-order valence-electron chi connectivity index (χ2n) is 6.31. The van der Waals surface area contributed by atoms with Crippen LogP contribution in [0.4, 0.5) is 0 Å². The smallest absolute Gasteiger partial charge is 0.335 e. The minimum absolute atomic E-state index is 0.211. The van der Waals surface area contributed by atoms with E-state index < -0.39 is 21.1 Å². The van der Waals surface area contributed by atoms with E-state index in [1.807, 2.05) is 37.3 Å². The summed E-state index contributed by atoms with van der Waals surface area (Å²) in [5, 5.41) is 11.7. The molecule has 0 aliphatic heterocycles. The van der Waals surface area contributed by atoms with Gasteiger partial charge in [-0.1, -0.05) is 42.0 Å². The summed E-state index contributed by atoms with van der Waals surface area (Å²) in [6.07, 6.45) is 1.23. The summed E-state index contributed by atoms with van der Waals surface area (Å²) in [5.74, 6) is -0.985. The first-order chi connectivity index (χ1) is 11.7. The molecule has 2 aromatic carbocycles. The molecular weight excluding hydrogens is 338 g/mol. The monoisotopic (exact) mass is 361 g/mol. The summed E-state index contributed by atoms with van der Waals surface area (Å²) in [4.78, 5) is 11.1. The minimum atomic E-state index is -3.24. The quantitative estimate of drug-likeness (QED) is 0.792. The number of hydrogen-bond donors (Lipinski definition) is 2. The Kier molecular flexibility index (Phi) is 5.98. The summed E-state index contributed by atoms with van der Waals surface area (Å²) >= 11 is 0. The average Bonchev–Trinajstić information content (AvgIpc) is 2.55. The lowest BCUT2D eigenvalue weighted by Crippen LogP contribution is -2.34. The Bertz CT molecular complexity index is 844. The number of sulfone groups is 1. The third-order valence-corrected chi connectivity index (χ3v) is 5.90. The van der Waals surface area contributed by atoms with Gasteiger partial charge in [0.1, 0.15) is 0 Å². The van der Waals surface area contributed by atoms with Crippen LogP contribution < -0.4 is 5.32 Å². The Morgan fingerprint density at radius 3 is 2.36 bits per heavy atom. The van der Waals surface area contributed by atoms with Gasteiger partial charge in [-0.05, 0) is 37.1 Å². The van der Waals surface area contributed by atoms with E-state index in [9.17, 15) is 13.2 Å². The molecule has 2 N–H and O–H groups in total. The normalized spacial score (nSPS) is 14.0. The zero-order chi connectivity index (χ0) is 18.6. The van der Waals surface area contributed by atoms with Gasteiger partial charge < -0.3 is 10.4 Å². The molecule has 0 heterocycles. The number of benzene rings is 2. The van der Waals surface area contributed by atoms with Crippen molar-refractivity contribution in [3.05, 3.63) is 70.8 Å². The standard InChI is InChI=1S/C19H23NO4S/c1-13-7-9-16(10-8-13)18(14(2)25(3,23)24)20-12-15-5-4-6-17(11-15)19(21)22/h4-11,14,18,20H,12H2,1-3H3,(H,21,22). The van der Waals surface area contributed by atoms with Crippen molar-refractivity contribution in [2.75, 3.05) is 6.26 Å². The molecule has 0 radical (unpaired) electrons. The van der Waals surface area contributed by atoms with Crippen molar-refractivity contribution < 1.29 is 18.3 Å². The van der Waals surface area contributed by atoms with E-state index in [4.69, 9.17) is 5.11 Å². The maximum Gasteiger partial charge on any atom is 0.335 e. The molecule has 0 bridgehead atoms. The van der Waals surface area contributed by atoms with Crippen molar-refractivity contribution in [1.82, 2.24) is 5.32 Å². The van der Waals surface area contributed by atoms with Gasteiger partial charge in [0.05, 0.1) is 10.8 Å². The predicted molar refractivity (Wildman–Crippen MR) is 98.5 cm³/mol. The van der Waals surface area contributed by atoms with Crippen molar-refractivity contribution in [3.63, 3.8) is 0 Å². The second kappa shape index (κ2) is 7.80. The van der Waals surface area contributed by atoms with Crippen LogP contribution in [0.2, 0.25) is 0 Å². The molecule has 0 spiro atoms. The Hall–Kier alpha value is -2.18. The highest BCUT2D eigenvalue weighted by molar-refractivity contribution is 7.91. The molecule has 2 unspecified atom stereocenters. The van der Waals surface area contributed by atoms with Gasteiger partial charge >= 0.3 is 5.97 Å². The Balaban J connectivity index is 2.26. The lowest BCUT2D eigenvalue weighted by Gasteiger charge is -2.25. The molecule has 0 aromatic heterocycles. The van der Waals surface area contributed by atoms with E-state index in [2.05, 4.69) is 5.32 Å². The summed E-state index contributed by atoms with van der Waals surface area (Å²) in [6, 6.07) is 14.0. The molecule has 2 aromatic rings. The van der Waals surface area contributed by atoms with Gasteiger partial charge in [0.2, 0.25) is 0 Å². The van der Waals surface area contributed by atoms with Crippen LogP contribution in [-0.4, -0.2) is 31.0 Å². The number of aryl methyl sites for hydroxylation is 1. The molecule has 134 valence electrons. The van der Waals surface area contributed by atoms with E-state index in [1.54, 1.807) is 19.1 Å². The first-order valence-corrected chi connectivity index (χ1v) is 9.95. The maximum absolute atomic E-state index is 12.0. The largest absolute Gasteiger partial charge is 0.478 e. The fourth-order valence-electron chi connectivity index (χ4n) is 2.62. The van der Waals surface area contributed by atoms with Crippen LogP contribution in [0.5, 0.6) is 0 Å². The van der Waals surface area contributed by atoms with E-state index in [0.29, 0.717) is 6.54 Å². The van der Waals surface area contributed by atoms with Crippen LogP contribution in [0.3, 0.4) is 0 Å². The van der Waals surface area contributed by atoms with Crippen LogP contribution in [0.15, 0.2) is 48.5 Å². The number of carboxylic acid groups (broad SMARTS) is 1. The van der Waals surface area contributed by atoms with Gasteiger partial charge in [-0.3, -0.25) is 0 Å². The van der Waals surface area contributed by atoms with Crippen LogP contribution in [0.25, 0.3) is 0 Å². The molecular formula is C19H23NO4S. The molecule has 0 fully saturated rings. The van der Waals surface area contributed by atoms with Crippen molar-refractivity contribution in [1.29, 1.82) is 0 Å². The average molecular weight is 361 g/mol. The van der Waals surface area contributed by atoms with Gasteiger partial charge in [0.15, 0.2) is 9.84 Å². The van der Waals surface area contributed by atoms with Crippen LogP contribution in [0, 0.1) is 6.92 Å². The SMILES string of the molecule is Cc1ccc(C(NCc2cccc(C(=O)O)c2)C(C)S(C)(=O)=O)cc1. The van der Waals surface area contributed by atoms with Gasteiger partial charge in [0.25, 0.3) is 0 Å². The van der Waals surface area contributed by atoms with Crippen molar-refractivity contribution in [3.8, 4) is 0 Å². The van der Waals surface area contributed by atoms with Crippen molar-refractivity contribution >= 4 is 15.8 Å². The molecule has 0 aliphatic carbocycles. The van der Waals surface area contributed by atoms with E-state index in [-0.39, 0.29) is 11.6 Å². The molecule has 2 atom stereocenters. The fraction of sp³-hybridized carbons (Fsp3) is 0.316. The first kappa shape index (κ1) is 19.1. The van der Waals surface area contributed by atoms with Crippen LogP contribution in [-0.2, 0) is 16.4 Å². The number of aromatic carboxylic acids is 1. The molecule has 6 heteroatoms. The first-order valence-electron chi connectivity index (χ1n) is 7.99. The summed E-state index contributed by atoms with van der Waals surface area (Å²) < 4.78 is 24.1. The van der Waals surface area contributed by atoms with Gasteiger partial charge in [-0.2, -0.15) is 0 Å². The number of carboxylic acids is 1.